The fourth-order valence-electron chi connectivity index (χ4n) is 3.42. The number of carbonyl (C=O) groups is 1. The van der Waals surface area contributed by atoms with Gasteiger partial charge in [-0.3, -0.25) is 0 Å². The highest BCUT2D eigenvalue weighted by molar-refractivity contribution is 5.85. The van der Waals surface area contributed by atoms with Crippen molar-refractivity contribution in [1.82, 2.24) is 10.3 Å². The van der Waals surface area contributed by atoms with Crippen LogP contribution in [0, 0.1) is 0 Å². The first-order valence-corrected chi connectivity index (χ1v) is 8.35. The molecular weight excluding hydrogens is 300 g/mol. The lowest BCUT2D eigenvalue weighted by atomic mass is 9.91. The summed E-state index contributed by atoms with van der Waals surface area (Å²) >= 11 is 0. The number of benzene rings is 2. The number of amides is 1. The summed E-state index contributed by atoms with van der Waals surface area (Å²) in [6.07, 6.45) is 2.39. The smallest absolute Gasteiger partial charge is 0.407 e. The fraction of sp³-hybridized carbons (Fsp3) is 0.250. The second-order valence-electron chi connectivity index (χ2n) is 6.27. The zero-order valence-corrected chi connectivity index (χ0v) is 13.4. The predicted octanol–water partition coefficient (Wildman–Crippen LogP) is 3.95. The van der Waals surface area contributed by atoms with Crippen molar-refractivity contribution in [1.29, 1.82) is 0 Å². The SMILES string of the molecule is O=C(NC1CCc2[nH]c3ccccc3c2C1)OCc1ccccc1. The van der Waals surface area contributed by atoms with Crippen LogP contribution in [-0.2, 0) is 24.2 Å². The van der Waals surface area contributed by atoms with E-state index in [2.05, 4.69) is 28.5 Å². The molecule has 24 heavy (non-hydrogen) atoms. The number of carbonyl (C=O) groups excluding carboxylic acids is 1. The lowest BCUT2D eigenvalue weighted by molar-refractivity contribution is 0.134. The van der Waals surface area contributed by atoms with Crippen LogP contribution in [0.3, 0.4) is 0 Å². The van der Waals surface area contributed by atoms with Crippen LogP contribution >= 0.6 is 0 Å². The van der Waals surface area contributed by atoms with E-state index in [-0.39, 0.29) is 12.1 Å². The first kappa shape index (κ1) is 14.8. The molecule has 1 unspecified atom stereocenters. The number of aromatic nitrogens is 1. The van der Waals surface area contributed by atoms with Gasteiger partial charge in [0.05, 0.1) is 0 Å². The number of nitrogens with one attached hydrogen (secondary N) is 2. The largest absolute Gasteiger partial charge is 0.445 e. The van der Waals surface area contributed by atoms with Crippen molar-refractivity contribution in [3.05, 3.63) is 71.4 Å². The summed E-state index contributed by atoms with van der Waals surface area (Å²) in [4.78, 5) is 15.5. The highest BCUT2D eigenvalue weighted by Gasteiger charge is 2.23. The Kier molecular flexibility index (Phi) is 3.95. The molecule has 2 N–H and O–H groups in total. The molecule has 4 rings (SSSR count). The quantitative estimate of drug-likeness (QED) is 0.767. The standard InChI is InChI=1S/C20H20N2O2/c23-20(24-13-14-6-2-1-3-7-14)21-15-10-11-19-17(12-15)16-8-4-5-9-18(16)22-19/h1-9,15,22H,10-13H2,(H,21,23). The number of fused-ring (bicyclic) bond motifs is 3. The summed E-state index contributed by atoms with van der Waals surface area (Å²) in [5.74, 6) is 0. The molecule has 4 nitrogen and oxygen atoms in total. The number of ether oxygens (including phenoxy) is 1. The van der Waals surface area contributed by atoms with E-state index in [9.17, 15) is 4.79 Å². The van der Waals surface area contributed by atoms with Crippen LogP contribution in [-0.4, -0.2) is 17.1 Å². The molecule has 1 aliphatic rings. The summed E-state index contributed by atoms with van der Waals surface area (Å²) in [6, 6.07) is 18.2. The minimum absolute atomic E-state index is 0.125. The van der Waals surface area contributed by atoms with Gasteiger partial charge in [-0.15, -0.1) is 0 Å². The number of hydrogen-bond donors (Lipinski definition) is 2. The Labute approximate surface area is 140 Å². The van der Waals surface area contributed by atoms with Crippen molar-refractivity contribution in [2.24, 2.45) is 0 Å². The summed E-state index contributed by atoms with van der Waals surface area (Å²) < 4.78 is 5.33. The Morgan fingerprint density at radius 3 is 2.79 bits per heavy atom. The Morgan fingerprint density at radius 1 is 1.12 bits per heavy atom. The zero-order valence-electron chi connectivity index (χ0n) is 13.4. The number of aromatic amines is 1. The lowest BCUT2D eigenvalue weighted by Gasteiger charge is -2.23. The number of alkyl carbamates (subject to hydrolysis) is 1. The van der Waals surface area contributed by atoms with E-state index in [0.29, 0.717) is 6.61 Å². The van der Waals surface area contributed by atoms with Crippen molar-refractivity contribution in [2.75, 3.05) is 0 Å². The topological polar surface area (TPSA) is 54.1 Å². The number of H-pyrrole nitrogens is 1. The summed E-state index contributed by atoms with van der Waals surface area (Å²) in [5.41, 5.74) is 4.79. The molecule has 1 aromatic heterocycles. The molecule has 0 fully saturated rings. The Morgan fingerprint density at radius 2 is 1.92 bits per heavy atom. The normalized spacial score (nSPS) is 16.6. The van der Waals surface area contributed by atoms with Crippen LogP contribution in [0.15, 0.2) is 54.6 Å². The maximum atomic E-state index is 12.1. The molecule has 1 amide bonds. The first-order valence-electron chi connectivity index (χ1n) is 8.35. The van der Waals surface area contributed by atoms with Crippen LogP contribution in [0.4, 0.5) is 4.79 Å². The maximum absolute atomic E-state index is 12.1. The van der Waals surface area contributed by atoms with E-state index in [4.69, 9.17) is 4.74 Å². The molecule has 4 heteroatoms. The predicted molar refractivity (Wildman–Crippen MR) is 93.9 cm³/mol. The van der Waals surface area contributed by atoms with Crippen molar-refractivity contribution < 1.29 is 9.53 Å². The number of rotatable bonds is 3. The van der Waals surface area contributed by atoms with Crippen LogP contribution < -0.4 is 5.32 Å². The van der Waals surface area contributed by atoms with Gasteiger partial charge in [0.1, 0.15) is 6.61 Å². The minimum atomic E-state index is -0.341. The number of para-hydroxylation sites is 1. The van der Waals surface area contributed by atoms with E-state index in [1.165, 1.54) is 22.2 Å². The molecule has 2 aromatic carbocycles. The minimum Gasteiger partial charge on any atom is -0.445 e. The molecule has 0 saturated carbocycles. The highest BCUT2D eigenvalue weighted by Crippen LogP contribution is 2.29. The highest BCUT2D eigenvalue weighted by atomic mass is 16.5. The summed E-state index contributed by atoms with van der Waals surface area (Å²) in [7, 11) is 0. The molecule has 0 radical (unpaired) electrons. The third kappa shape index (κ3) is 3.00. The van der Waals surface area contributed by atoms with Crippen molar-refractivity contribution in [3.8, 4) is 0 Å². The van der Waals surface area contributed by atoms with Gasteiger partial charge >= 0.3 is 6.09 Å². The molecule has 1 atom stereocenters. The molecule has 0 aliphatic heterocycles. The van der Waals surface area contributed by atoms with Crippen molar-refractivity contribution in [3.63, 3.8) is 0 Å². The molecule has 122 valence electrons. The van der Waals surface area contributed by atoms with Gasteiger partial charge in [-0.1, -0.05) is 48.5 Å². The first-order chi connectivity index (χ1) is 11.8. The van der Waals surface area contributed by atoms with Gasteiger partial charge in [0.25, 0.3) is 0 Å². The van der Waals surface area contributed by atoms with Crippen LogP contribution in [0.5, 0.6) is 0 Å². The van der Waals surface area contributed by atoms with E-state index < -0.39 is 0 Å². The summed E-state index contributed by atoms with van der Waals surface area (Å²) in [6.45, 7) is 0.303. The second-order valence-corrected chi connectivity index (χ2v) is 6.27. The van der Waals surface area contributed by atoms with E-state index in [1.54, 1.807) is 0 Å². The fourth-order valence-corrected chi connectivity index (χ4v) is 3.42. The lowest BCUT2D eigenvalue weighted by Crippen LogP contribution is -2.39. The third-order valence-corrected chi connectivity index (χ3v) is 4.63. The number of aryl methyl sites for hydroxylation is 1. The molecule has 0 spiro atoms. The number of hydrogen-bond acceptors (Lipinski definition) is 2. The Balaban J connectivity index is 1.39. The van der Waals surface area contributed by atoms with Gasteiger partial charge in [-0.25, -0.2) is 4.79 Å². The van der Waals surface area contributed by atoms with E-state index in [1.807, 2.05) is 36.4 Å². The maximum Gasteiger partial charge on any atom is 0.407 e. The molecule has 3 aromatic rings. The second kappa shape index (κ2) is 6.40. The van der Waals surface area contributed by atoms with Gasteiger partial charge in [-0.05, 0) is 36.5 Å². The van der Waals surface area contributed by atoms with E-state index in [0.717, 1.165) is 24.8 Å². The zero-order chi connectivity index (χ0) is 16.4. The molecule has 0 saturated heterocycles. The van der Waals surface area contributed by atoms with Gasteiger partial charge in [0.2, 0.25) is 0 Å². The molecule has 0 bridgehead atoms. The monoisotopic (exact) mass is 320 g/mol. The van der Waals surface area contributed by atoms with Gasteiger partial charge in [0, 0.05) is 22.6 Å². The van der Waals surface area contributed by atoms with Gasteiger partial charge in [-0.2, -0.15) is 0 Å². The van der Waals surface area contributed by atoms with Crippen molar-refractivity contribution in [2.45, 2.75) is 31.9 Å². The Hall–Kier alpha value is -2.75. The van der Waals surface area contributed by atoms with Gasteiger partial charge < -0.3 is 15.0 Å². The average molecular weight is 320 g/mol. The van der Waals surface area contributed by atoms with E-state index >= 15 is 0 Å². The van der Waals surface area contributed by atoms with Gasteiger partial charge in [0.15, 0.2) is 0 Å². The van der Waals surface area contributed by atoms with Crippen LogP contribution in [0.2, 0.25) is 0 Å². The molecule has 1 heterocycles. The van der Waals surface area contributed by atoms with Crippen LogP contribution in [0.25, 0.3) is 10.9 Å². The Bertz CT molecular complexity index is 854. The third-order valence-electron chi connectivity index (χ3n) is 4.63. The molecule has 1 aliphatic carbocycles. The average Bonchev–Trinajstić information content (AvgIpc) is 2.99. The van der Waals surface area contributed by atoms with Crippen LogP contribution in [0.1, 0.15) is 23.2 Å². The van der Waals surface area contributed by atoms with Crippen molar-refractivity contribution >= 4 is 17.0 Å². The molecular formula is C20H20N2O2. The summed E-state index contributed by atoms with van der Waals surface area (Å²) in [5, 5.41) is 4.27.